The van der Waals surface area contributed by atoms with Crippen LogP contribution in [0, 0.1) is 0 Å². The molecule has 1 aromatic rings. The summed E-state index contributed by atoms with van der Waals surface area (Å²) in [5.74, 6) is -0.778. The Balaban J connectivity index is 2.37. The van der Waals surface area contributed by atoms with Crippen LogP contribution in [0.5, 0.6) is 0 Å². The maximum atomic E-state index is 11.8. The van der Waals surface area contributed by atoms with Gasteiger partial charge in [-0.2, -0.15) is 0 Å². The maximum absolute atomic E-state index is 11.8. The molecule has 0 spiro atoms. The average Bonchev–Trinajstić information content (AvgIpc) is 2.52. The number of alkyl carbamates (subject to hydrolysis) is 1. The van der Waals surface area contributed by atoms with E-state index < -0.39 is 24.1 Å². The van der Waals surface area contributed by atoms with Crippen molar-refractivity contribution >= 4 is 17.9 Å². The minimum absolute atomic E-state index is 0.121. The van der Waals surface area contributed by atoms with Gasteiger partial charge in [0.1, 0.15) is 18.7 Å². The maximum Gasteiger partial charge on any atom is 0.408 e. The summed E-state index contributed by atoms with van der Waals surface area (Å²) in [7, 11) is 1.48. The molecule has 3 amide bonds. The number of rotatable bonds is 6. The van der Waals surface area contributed by atoms with Crippen molar-refractivity contribution in [3.63, 3.8) is 0 Å². The molecule has 120 valence electrons. The van der Waals surface area contributed by atoms with Crippen molar-refractivity contribution in [1.82, 2.24) is 16.0 Å². The molecule has 1 rings (SSSR count). The Morgan fingerprint density at radius 1 is 1.00 bits per heavy atom. The third-order valence-corrected chi connectivity index (χ3v) is 2.94. The van der Waals surface area contributed by atoms with E-state index in [1.165, 1.54) is 14.0 Å². The molecular weight excluding hydrogens is 286 g/mol. The first-order valence-electron chi connectivity index (χ1n) is 6.93. The average molecular weight is 307 g/mol. The lowest BCUT2D eigenvalue weighted by Crippen LogP contribution is -2.51. The van der Waals surface area contributed by atoms with Crippen LogP contribution in [0.25, 0.3) is 0 Å². The molecule has 2 atom stereocenters. The number of hydrogen-bond acceptors (Lipinski definition) is 4. The molecule has 0 aliphatic rings. The Labute approximate surface area is 129 Å². The second-order valence-corrected chi connectivity index (χ2v) is 4.77. The first kappa shape index (κ1) is 17.5. The first-order chi connectivity index (χ1) is 10.4. The van der Waals surface area contributed by atoms with Gasteiger partial charge in [0.25, 0.3) is 0 Å². The number of ether oxygens (including phenoxy) is 1. The Morgan fingerprint density at radius 3 is 2.18 bits per heavy atom. The second kappa shape index (κ2) is 8.66. The number of amides is 3. The molecule has 0 heterocycles. The Bertz CT molecular complexity index is 519. The molecule has 0 aliphatic heterocycles. The zero-order chi connectivity index (χ0) is 16.5. The lowest BCUT2D eigenvalue weighted by molar-refractivity contribution is -0.129. The Kier molecular flexibility index (Phi) is 6.88. The zero-order valence-electron chi connectivity index (χ0n) is 12.9. The van der Waals surface area contributed by atoms with E-state index in [9.17, 15) is 14.4 Å². The molecule has 0 bridgehead atoms. The molecule has 0 fully saturated rings. The van der Waals surface area contributed by atoms with E-state index in [1.807, 2.05) is 30.3 Å². The van der Waals surface area contributed by atoms with Gasteiger partial charge in [0.15, 0.2) is 0 Å². The van der Waals surface area contributed by atoms with E-state index in [4.69, 9.17) is 4.74 Å². The van der Waals surface area contributed by atoms with E-state index in [2.05, 4.69) is 16.0 Å². The Morgan fingerprint density at radius 2 is 1.59 bits per heavy atom. The SMILES string of the molecule is CNC(=O)[C@@H](C)NC(=O)[C@H](C)NC(=O)OCc1ccccc1. The highest BCUT2D eigenvalue weighted by Gasteiger charge is 2.20. The van der Waals surface area contributed by atoms with Crippen molar-refractivity contribution in [2.45, 2.75) is 32.5 Å². The largest absolute Gasteiger partial charge is 0.445 e. The van der Waals surface area contributed by atoms with E-state index in [1.54, 1.807) is 6.92 Å². The zero-order valence-corrected chi connectivity index (χ0v) is 12.9. The number of hydrogen-bond donors (Lipinski definition) is 3. The van der Waals surface area contributed by atoms with Crippen LogP contribution in [-0.4, -0.2) is 37.0 Å². The van der Waals surface area contributed by atoms with E-state index in [0.717, 1.165) is 5.56 Å². The molecule has 7 heteroatoms. The molecule has 0 saturated carbocycles. The van der Waals surface area contributed by atoms with Gasteiger partial charge in [-0.05, 0) is 19.4 Å². The summed E-state index contributed by atoms with van der Waals surface area (Å²) in [5, 5.41) is 7.32. The van der Waals surface area contributed by atoms with Gasteiger partial charge in [0.05, 0.1) is 0 Å². The van der Waals surface area contributed by atoms with Gasteiger partial charge in [0, 0.05) is 7.05 Å². The topological polar surface area (TPSA) is 96.5 Å². The fourth-order valence-electron chi connectivity index (χ4n) is 1.63. The number of carbonyl (C=O) groups is 3. The minimum atomic E-state index is -0.810. The monoisotopic (exact) mass is 307 g/mol. The molecule has 0 aliphatic carbocycles. The van der Waals surface area contributed by atoms with Crippen LogP contribution in [0.15, 0.2) is 30.3 Å². The van der Waals surface area contributed by atoms with Crippen molar-refractivity contribution in [2.75, 3.05) is 7.05 Å². The van der Waals surface area contributed by atoms with Crippen LogP contribution in [0.1, 0.15) is 19.4 Å². The van der Waals surface area contributed by atoms with Gasteiger partial charge >= 0.3 is 6.09 Å². The summed E-state index contributed by atoms with van der Waals surface area (Å²) in [5.41, 5.74) is 0.850. The smallest absolute Gasteiger partial charge is 0.408 e. The van der Waals surface area contributed by atoms with Crippen molar-refractivity contribution < 1.29 is 19.1 Å². The van der Waals surface area contributed by atoms with Gasteiger partial charge < -0.3 is 20.7 Å². The highest BCUT2D eigenvalue weighted by atomic mass is 16.5. The third-order valence-electron chi connectivity index (χ3n) is 2.94. The van der Waals surface area contributed by atoms with Crippen molar-refractivity contribution in [2.24, 2.45) is 0 Å². The lowest BCUT2D eigenvalue weighted by atomic mass is 10.2. The second-order valence-electron chi connectivity index (χ2n) is 4.77. The Hall–Kier alpha value is -2.57. The quantitative estimate of drug-likeness (QED) is 0.715. The summed E-state index contributed by atoms with van der Waals surface area (Å²) in [6.45, 7) is 3.18. The van der Waals surface area contributed by atoms with E-state index in [0.29, 0.717) is 0 Å². The summed E-state index contributed by atoms with van der Waals surface area (Å²) in [6, 6.07) is 7.71. The number of benzene rings is 1. The normalized spacial score (nSPS) is 12.7. The molecule has 22 heavy (non-hydrogen) atoms. The van der Waals surface area contributed by atoms with Crippen LogP contribution in [0.4, 0.5) is 4.79 Å². The van der Waals surface area contributed by atoms with Crippen molar-refractivity contribution in [3.8, 4) is 0 Å². The van der Waals surface area contributed by atoms with Gasteiger partial charge in [-0.15, -0.1) is 0 Å². The number of nitrogens with one attached hydrogen (secondary N) is 3. The number of carbonyl (C=O) groups excluding carboxylic acids is 3. The molecule has 0 unspecified atom stereocenters. The van der Waals surface area contributed by atoms with E-state index >= 15 is 0 Å². The van der Waals surface area contributed by atoms with Crippen molar-refractivity contribution in [3.05, 3.63) is 35.9 Å². The predicted octanol–water partition coefficient (Wildman–Crippen LogP) is 0.552. The molecule has 0 saturated heterocycles. The molecule has 3 N–H and O–H groups in total. The molecular formula is C15H21N3O4. The molecule has 0 aromatic heterocycles. The molecule has 7 nitrogen and oxygen atoms in total. The fourth-order valence-corrected chi connectivity index (χ4v) is 1.63. The lowest BCUT2D eigenvalue weighted by Gasteiger charge is -2.17. The molecule has 1 aromatic carbocycles. The van der Waals surface area contributed by atoms with Gasteiger partial charge in [-0.25, -0.2) is 4.79 Å². The van der Waals surface area contributed by atoms with Gasteiger partial charge in [-0.3, -0.25) is 9.59 Å². The van der Waals surface area contributed by atoms with Crippen LogP contribution in [-0.2, 0) is 20.9 Å². The van der Waals surface area contributed by atoms with Crippen LogP contribution in [0.2, 0.25) is 0 Å². The predicted molar refractivity (Wildman–Crippen MR) is 80.9 cm³/mol. The standard InChI is InChI=1S/C15H21N3O4/c1-10(13(19)16-3)17-14(20)11(2)18-15(21)22-9-12-7-5-4-6-8-12/h4-8,10-11H,9H2,1-3H3,(H,16,19)(H,17,20)(H,18,21)/t10-,11+/m1/s1. The summed E-state index contributed by atoms with van der Waals surface area (Å²) in [6.07, 6.45) is -0.695. The van der Waals surface area contributed by atoms with Crippen molar-refractivity contribution in [1.29, 1.82) is 0 Å². The van der Waals surface area contributed by atoms with Crippen LogP contribution in [0.3, 0.4) is 0 Å². The molecule has 0 radical (unpaired) electrons. The first-order valence-corrected chi connectivity index (χ1v) is 6.93. The summed E-state index contributed by atoms with van der Waals surface area (Å²) < 4.78 is 5.01. The van der Waals surface area contributed by atoms with Gasteiger partial charge in [-0.1, -0.05) is 30.3 Å². The van der Waals surface area contributed by atoms with Crippen LogP contribution >= 0.6 is 0 Å². The highest BCUT2D eigenvalue weighted by Crippen LogP contribution is 2.00. The summed E-state index contributed by atoms with van der Waals surface area (Å²) in [4.78, 5) is 34.8. The highest BCUT2D eigenvalue weighted by molar-refractivity contribution is 5.90. The number of likely N-dealkylation sites (N-methyl/N-ethyl adjacent to an activating group) is 1. The summed E-state index contributed by atoms with van der Waals surface area (Å²) >= 11 is 0. The van der Waals surface area contributed by atoms with Crippen LogP contribution < -0.4 is 16.0 Å². The minimum Gasteiger partial charge on any atom is -0.445 e. The third kappa shape index (κ3) is 5.82. The van der Waals surface area contributed by atoms with Gasteiger partial charge in [0.2, 0.25) is 11.8 Å². The van der Waals surface area contributed by atoms with E-state index in [-0.39, 0.29) is 12.5 Å². The fraction of sp³-hybridized carbons (Fsp3) is 0.400.